The molecule has 1 aromatic heterocycles. The number of carbonyl (C=O) groups is 2. The molecule has 0 unspecified atom stereocenters. The summed E-state index contributed by atoms with van der Waals surface area (Å²) in [5.74, 6) is -0.568. The molecular formula is C16H15BrClN3O2S. The molecule has 0 spiro atoms. The van der Waals surface area contributed by atoms with Gasteiger partial charge in [-0.2, -0.15) is 5.10 Å². The topological polar surface area (TPSA) is 70.6 Å². The second kappa shape index (κ2) is 8.96. The average molecular weight is 429 g/mol. The smallest absolute Gasteiger partial charge is 0.240 e. The van der Waals surface area contributed by atoms with Crippen LogP contribution in [0, 0.1) is 6.92 Å². The van der Waals surface area contributed by atoms with Crippen molar-refractivity contribution >= 4 is 62.6 Å². The number of benzene rings is 1. The van der Waals surface area contributed by atoms with Gasteiger partial charge in [-0.05, 0) is 52.7 Å². The van der Waals surface area contributed by atoms with E-state index >= 15 is 0 Å². The summed E-state index contributed by atoms with van der Waals surface area (Å²) in [6.45, 7) is 1.82. The fraction of sp³-hybridized carbons (Fsp3) is 0.188. The Morgan fingerprint density at radius 2 is 2.00 bits per heavy atom. The lowest BCUT2D eigenvalue weighted by Crippen LogP contribution is -2.20. The Bertz CT molecular complexity index is 776. The van der Waals surface area contributed by atoms with Crippen molar-refractivity contribution in [2.45, 2.75) is 19.8 Å². The molecule has 2 amide bonds. The molecule has 8 heteroatoms. The van der Waals surface area contributed by atoms with Gasteiger partial charge in [-0.3, -0.25) is 9.59 Å². The summed E-state index contributed by atoms with van der Waals surface area (Å²) in [6.07, 6.45) is 1.68. The molecule has 2 N–H and O–H groups in total. The highest BCUT2D eigenvalue weighted by Crippen LogP contribution is 2.23. The summed E-state index contributed by atoms with van der Waals surface area (Å²) in [6, 6.07) is 9.06. The minimum Gasteiger partial charge on any atom is -0.326 e. The van der Waals surface area contributed by atoms with Crippen LogP contribution < -0.4 is 10.7 Å². The second-order valence-electron chi connectivity index (χ2n) is 4.90. The molecular weight excluding hydrogens is 414 g/mol. The van der Waals surface area contributed by atoms with Crippen LogP contribution in [0.25, 0.3) is 0 Å². The summed E-state index contributed by atoms with van der Waals surface area (Å²) >= 11 is 10.9. The van der Waals surface area contributed by atoms with Gasteiger partial charge in [0.15, 0.2) is 0 Å². The molecule has 5 nitrogen and oxygen atoms in total. The highest BCUT2D eigenvalue weighted by molar-refractivity contribution is 9.11. The molecule has 0 atom stereocenters. The van der Waals surface area contributed by atoms with Crippen molar-refractivity contribution in [3.63, 3.8) is 0 Å². The molecule has 0 fully saturated rings. The van der Waals surface area contributed by atoms with Gasteiger partial charge in [-0.25, -0.2) is 5.43 Å². The predicted octanol–water partition coefficient (Wildman–Crippen LogP) is 4.34. The van der Waals surface area contributed by atoms with Gasteiger partial charge < -0.3 is 5.32 Å². The van der Waals surface area contributed by atoms with Crippen LogP contribution in [0.3, 0.4) is 0 Å². The fourth-order valence-electron chi connectivity index (χ4n) is 1.80. The first-order valence-corrected chi connectivity index (χ1v) is 9.06. The number of nitrogens with zero attached hydrogens (tertiary/aromatic N) is 1. The summed E-state index contributed by atoms with van der Waals surface area (Å²) in [5, 5.41) is 7.19. The fourth-order valence-corrected chi connectivity index (χ4v) is 3.27. The quantitative estimate of drug-likeness (QED) is 0.531. The summed E-state index contributed by atoms with van der Waals surface area (Å²) in [4.78, 5) is 24.5. The van der Waals surface area contributed by atoms with Crippen molar-refractivity contribution in [3.05, 3.63) is 49.6 Å². The van der Waals surface area contributed by atoms with E-state index in [1.165, 1.54) is 11.3 Å². The zero-order valence-corrected chi connectivity index (χ0v) is 16.0. The number of hydrogen-bond acceptors (Lipinski definition) is 4. The molecule has 2 rings (SSSR count). The minimum absolute atomic E-state index is 0.0525. The molecule has 0 bridgehead atoms. The molecule has 0 aliphatic carbocycles. The number of rotatable bonds is 6. The number of carbonyl (C=O) groups excluding carboxylic acids is 2. The number of hydrazone groups is 1. The van der Waals surface area contributed by atoms with Crippen LogP contribution in [0.15, 0.2) is 39.2 Å². The van der Waals surface area contributed by atoms with E-state index in [2.05, 4.69) is 31.8 Å². The van der Waals surface area contributed by atoms with Crippen LogP contribution in [0.5, 0.6) is 0 Å². The van der Waals surface area contributed by atoms with E-state index in [1.807, 2.05) is 19.1 Å². The largest absolute Gasteiger partial charge is 0.326 e. The van der Waals surface area contributed by atoms with Crippen LogP contribution in [-0.2, 0) is 9.59 Å². The third kappa shape index (κ3) is 5.74. The van der Waals surface area contributed by atoms with Crippen LogP contribution in [0.4, 0.5) is 5.69 Å². The van der Waals surface area contributed by atoms with Gasteiger partial charge in [0.05, 0.1) is 10.0 Å². The van der Waals surface area contributed by atoms with Crippen molar-refractivity contribution in [2.75, 3.05) is 5.32 Å². The molecule has 0 aliphatic rings. The Hall–Kier alpha value is -1.70. The summed E-state index contributed by atoms with van der Waals surface area (Å²) in [5.41, 5.74) is 3.84. The number of hydrogen-bond donors (Lipinski definition) is 2. The van der Waals surface area contributed by atoms with E-state index in [4.69, 9.17) is 11.6 Å². The zero-order valence-electron chi connectivity index (χ0n) is 12.8. The van der Waals surface area contributed by atoms with Crippen molar-refractivity contribution < 1.29 is 9.59 Å². The maximum Gasteiger partial charge on any atom is 0.240 e. The Balaban J connectivity index is 1.76. The predicted molar refractivity (Wildman–Crippen MR) is 102 cm³/mol. The molecule has 1 aromatic carbocycles. The van der Waals surface area contributed by atoms with Gasteiger partial charge in [-0.15, -0.1) is 11.3 Å². The van der Waals surface area contributed by atoms with E-state index in [9.17, 15) is 9.59 Å². The third-order valence-electron chi connectivity index (χ3n) is 3.10. The highest BCUT2D eigenvalue weighted by Gasteiger charge is 2.09. The summed E-state index contributed by atoms with van der Waals surface area (Å²) < 4.78 is 0.989. The van der Waals surface area contributed by atoms with Gasteiger partial charge in [0.1, 0.15) is 0 Å². The molecule has 0 aliphatic heterocycles. The maximum atomic E-state index is 11.9. The molecule has 2 aromatic rings. The Kier molecular flexibility index (Phi) is 6.96. The number of halogens is 2. The Morgan fingerprint density at radius 3 is 2.71 bits per heavy atom. The van der Waals surface area contributed by atoms with E-state index in [-0.39, 0.29) is 24.7 Å². The Labute approximate surface area is 157 Å². The molecule has 1 heterocycles. The first-order chi connectivity index (χ1) is 11.5. The normalized spacial score (nSPS) is 10.8. The number of anilines is 1. The van der Waals surface area contributed by atoms with Crippen LogP contribution in [0.1, 0.15) is 23.3 Å². The molecule has 126 valence electrons. The van der Waals surface area contributed by atoms with Gasteiger partial charge >= 0.3 is 0 Å². The number of amides is 2. The SMILES string of the molecule is Cc1c(Cl)cccc1NC(=O)CCC(=O)N/N=C/c1ccc(Br)s1. The van der Waals surface area contributed by atoms with Crippen molar-refractivity contribution in [1.29, 1.82) is 0 Å². The van der Waals surface area contributed by atoms with Gasteiger partial charge in [-0.1, -0.05) is 17.7 Å². The van der Waals surface area contributed by atoms with Gasteiger partial charge in [0.25, 0.3) is 0 Å². The van der Waals surface area contributed by atoms with Crippen LogP contribution in [0.2, 0.25) is 5.02 Å². The lowest BCUT2D eigenvalue weighted by Gasteiger charge is -2.09. The average Bonchev–Trinajstić information content (AvgIpc) is 2.95. The number of nitrogens with one attached hydrogen (secondary N) is 2. The first-order valence-electron chi connectivity index (χ1n) is 7.08. The van der Waals surface area contributed by atoms with Crippen molar-refractivity contribution in [2.24, 2.45) is 5.10 Å². The lowest BCUT2D eigenvalue weighted by atomic mass is 10.2. The van der Waals surface area contributed by atoms with Crippen LogP contribution in [-0.4, -0.2) is 18.0 Å². The maximum absolute atomic E-state index is 11.9. The standard InChI is InChI=1S/C16H15BrClN3O2S/c1-10-12(18)3-2-4-13(10)20-15(22)7-8-16(23)21-19-9-11-5-6-14(17)24-11/h2-6,9H,7-8H2,1H3,(H,20,22)(H,21,23)/b19-9+. The summed E-state index contributed by atoms with van der Waals surface area (Å²) in [7, 11) is 0. The number of thiophene rings is 1. The third-order valence-corrected chi connectivity index (χ3v) is 5.06. The molecule has 24 heavy (non-hydrogen) atoms. The molecule has 0 saturated heterocycles. The lowest BCUT2D eigenvalue weighted by molar-refractivity contribution is -0.124. The van der Waals surface area contributed by atoms with E-state index in [1.54, 1.807) is 24.4 Å². The molecule has 0 saturated carbocycles. The van der Waals surface area contributed by atoms with E-state index in [0.717, 1.165) is 14.2 Å². The molecule has 0 radical (unpaired) electrons. The van der Waals surface area contributed by atoms with Crippen LogP contribution >= 0.6 is 38.9 Å². The van der Waals surface area contributed by atoms with Gasteiger partial charge in [0, 0.05) is 28.4 Å². The minimum atomic E-state index is -0.320. The van der Waals surface area contributed by atoms with Crippen molar-refractivity contribution in [3.8, 4) is 0 Å². The Morgan fingerprint density at radius 1 is 1.25 bits per heavy atom. The zero-order chi connectivity index (χ0) is 17.5. The van der Waals surface area contributed by atoms with E-state index in [0.29, 0.717) is 10.7 Å². The first kappa shape index (κ1) is 18.6. The highest BCUT2D eigenvalue weighted by atomic mass is 79.9. The van der Waals surface area contributed by atoms with Crippen molar-refractivity contribution in [1.82, 2.24) is 5.43 Å². The van der Waals surface area contributed by atoms with Gasteiger partial charge in [0.2, 0.25) is 11.8 Å². The van der Waals surface area contributed by atoms with E-state index < -0.39 is 0 Å². The second-order valence-corrected chi connectivity index (χ2v) is 7.80. The monoisotopic (exact) mass is 427 g/mol.